The first-order valence-corrected chi connectivity index (χ1v) is 9.04. The standard InChI is InChI=1S/C17H16ClN5OS/c1-21(9-11-5-3-4-6-12(11)18)10-14-19-20-17-22(2)16(24)15-13(23(14)17)7-8-25-15/h3-8H,9-10H2,1-2H3. The van der Waals surface area contributed by atoms with E-state index >= 15 is 0 Å². The molecule has 0 spiro atoms. The molecule has 3 aromatic heterocycles. The molecule has 128 valence electrons. The minimum Gasteiger partial charge on any atom is -0.295 e. The van der Waals surface area contributed by atoms with Gasteiger partial charge in [-0.15, -0.1) is 21.5 Å². The summed E-state index contributed by atoms with van der Waals surface area (Å²) in [4.78, 5) is 14.5. The first kappa shape index (κ1) is 16.3. The number of aromatic nitrogens is 4. The molecule has 8 heteroatoms. The first-order chi connectivity index (χ1) is 12.1. The van der Waals surface area contributed by atoms with Gasteiger partial charge in [-0.1, -0.05) is 29.8 Å². The van der Waals surface area contributed by atoms with E-state index in [9.17, 15) is 4.79 Å². The van der Waals surface area contributed by atoms with Crippen LogP contribution in [0.3, 0.4) is 0 Å². The average Bonchev–Trinajstić information content (AvgIpc) is 3.21. The normalized spacial score (nSPS) is 11.8. The van der Waals surface area contributed by atoms with Crippen molar-refractivity contribution in [1.82, 2.24) is 24.1 Å². The molecule has 0 aliphatic heterocycles. The van der Waals surface area contributed by atoms with Crippen LogP contribution in [0.15, 0.2) is 40.5 Å². The van der Waals surface area contributed by atoms with Crippen molar-refractivity contribution >= 4 is 38.9 Å². The zero-order valence-corrected chi connectivity index (χ0v) is 15.4. The number of rotatable bonds is 4. The third-order valence-electron chi connectivity index (χ3n) is 4.21. The highest BCUT2D eigenvalue weighted by Gasteiger charge is 2.16. The smallest absolute Gasteiger partial charge is 0.272 e. The lowest BCUT2D eigenvalue weighted by molar-refractivity contribution is 0.310. The second-order valence-electron chi connectivity index (χ2n) is 6.01. The van der Waals surface area contributed by atoms with Crippen LogP contribution in [0.2, 0.25) is 5.02 Å². The van der Waals surface area contributed by atoms with Crippen LogP contribution in [0.4, 0.5) is 0 Å². The lowest BCUT2D eigenvalue weighted by Gasteiger charge is -2.16. The lowest BCUT2D eigenvalue weighted by atomic mass is 10.2. The molecular weight excluding hydrogens is 358 g/mol. The van der Waals surface area contributed by atoms with Crippen molar-refractivity contribution in [3.63, 3.8) is 0 Å². The minimum absolute atomic E-state index is 0.0409. The fraction of sp³-hybridized carbons (Fsp3) is 0.235. The molecule has 4 aromatic rings. The summed E-state index contributed by atoms with van der Waals surface area (Å²) < 4.78 is 4.21. The molecule has 0 fully saturated rings. The van der Waals surface area contributed by atoms with Crippen LogP contribution in [0, 0.1) is 0 Å². The first-order valence-electron chi connectivity index (χ1n) is 7.78. The molecule has 0 aliphatic rings. The Morgan fingerprint density at radius 1 is 1.20 bits per heavy atom. The lowest BCUT2D eigenvalue weighted by Crippen LogP contribution is -2.21. The molecule has 4 rings (SSSR count). The SMILES string of the molecule is CN(Cc1ccccc1Cl)Cc1nnc2n(C)c(=O)c3sccc3n12. The zero-order chi connectivity index (χ0) is 17.6. The van der Waals surface area contributed by atoms with Crippen molar-refractivity contribution in [3.05, 3.63) is 62.5 Å². The molecule has 0 unspecified atom stereocenters. The average molecular weight is 374 g/mol. The topological polar surface area (TPSA) is 55.4 Å². The summed E-state index contributed by atoms with van der Waals surface area (Å²) >= 11 is 7.69. The molecule has 0 bridgehead atoms. The molecule has 3 heterocycles. The molecule has 0 amide bonds. The summed E-state index contributed by atoms with van der Waals surface area (Å²) in [6.45, 7) is 1.29. The Morgan fingerprint density at radius 3 is 2.80 bits per heavy atom. The molecule has 25 heavy (non-hydrogen) atoms. The number of aryl methyl sites for hydroxylation is 1. The highest BCUT2D eigenvalue weighted by Crippen LogP contribution is 2.21. The van der Waals surface area contributed by atoms with E-state index < -0.39 is 0 Å². The molecule has 1 aromatic carbocycles. The monoisotopic (exact) mass is 373 g/mol. The van der Waals surface area contributed by atoms with Gasteiger partial charge in [0.15, 0.2) is 5.82 Å². The third-order valence-corrected chi connectivity index (χ3v) is 5.47. The number of thiophene rings is 1. The van der Waals surface area contributed by atoms with Gasteiger partial charge in [-0.3, -0.25) is 18.7 Å². The molecular formula is C17H16ClN5OS. The molecule has 0 aliphatic carbocycles. The van der Waals surface area contributed by atoms with E-state index in [0.717, 1.165) is 21.9 Å². The maximum Gasteiger partial charge on any atom is 0.272 e. The van der Waals surface area contributed by atoms with Crippen LogP contribution in [0.5, 0.6) is 0 Å². The van der Waals surface area contributed by atoms with Gasteiger partial charge in [0, 0.05) is 18.6 Å². The molecule has 0 atom stereocenters. The Labute approximate surface area is 152 Å². The zero-order valence-electron chi connectivity index (χ0n) is 13.8. The van der Waals surface area contributed by atoms with Crippen LogP contribution in [-0.2, 0) is 20.1 Å². The number of benzene rings is 1. The van der Waals surface area contributed by atoms with Crippen molar-refractivity contribution in [3.8, 4) is 0 Å². The second kappa shape index (κ2) is 6.25. The minimum atomic E-state index is -0.0409. The Hall–Kier alpha value is -2.22. The Morgan fingerprint density at radius 2 is 2.00 bits per heavy atom. The molecule has 0 N–H and O–H groups in total. The van der Waals surface area contributed by atoms with Gasteiger partial charge >= 0.3 is 0 Å². The maximum absolute atomic E-state index is 12.4. The summed E-state index contributed by atoms with van der Waals surface area (Å²) in [6, 6.07) is 9.75. The van der Waals surface area contributed by atoms with Gasteiger partial charge in [0.05, 0.1) is 12.1 Å². The van der Waals surface area contributed by atoms with Crippen LogP contribution >= 0.6 is 22.9 Å². The van der Waals surface area contributed by atoms with Crippen molar-refractivity contribution < 1.29 is 0 Å². The summed E-state index contributed by atoms with van der Waals surface area (Å²) in [7, 11) is 3.74. The van der Waals surface area contributed by atoms with Gasteiger partial charge in [0.25, 0.3) is 5.56 Å². The van der Waals surface area contributed by atoms with Gasteiger partial charge in [-0.2, -0.15) is 0 Å². The molecule has 0 radical (unpaired) electrons. The van der Waals surface area contributed by atoms with Crippen molar-refractivity contribution in [2.45, 2.75) is 13.1 Å². The van der Waals surface area contributed by atoms with E-state index in [-0.39, 0.29) is 5.56 Å². The van der Waals surface area contributed by atoms with Crippen LogP contribution in [-0.4, -0.2) is 31.1 Å². The molecule has 6 nitrogen and oxygen atoms in total. The highest BCUT2D eigenvalue weighted by atomic mass is 35.5. The van der Waals surface area contributed by atoms with Gasteiger partial charge in [-0.05, 0) is 30.1 Å². The number of hydrogen-bond acceptors (Lipinski definition) is 5. The van der Waals surface area contributed by atoms with Gasteiger partial charge in [-0.25, -0.2) is 0 Å². The van der Waals surface area contributed by atoms with Gasteiger partial charge < -0.3 is 0 Å². The second-order valence-corrected chi connectivity index (χ2v) is 7.34. The summed E-state index contributed by atoms with van der Waals surface area (Å²) in [5.41, 5.74) is 1.88. The number of fused-ring (bicyclic) bond motifs is 3. The third kappa shape index (κ3) is 2.74. The summed E-state index contributed by atoms with van der Waals surface area (Å²) in [5.74, 6) is 1.35. The number of halogens is 1. The van der Waals surface area contributed by atoms with E-state index in [1.54, 1.807) is 11.6 Å². The van der Waals surface area contributed by atoms with E-state index in [1.165, 1.54) is 11.3 Å². The van der Waals surface area contributed by atoms with E-state index in [0.29, 0.717) is 23.6 Å². The van der Waals surface area contributed by atoms with Gasteiger partial charge in [0.1, 0.15) is 4.70 Å². The molecule has 0 saturated carbocycles. The van der Waals surface area contributed by atoms with Crippen molar-refractivity contribution in [1.29, 1.82) is 0 Å². The van der Waals surface area contributed by atoms with Crippen molar-refractivity contribution in [2.24, 2.45) is 7.05 Å². The molecule has 0 saturated heterocycles. The van der Waals surface area contributed by atoms with Crippen LogP contribution < -0.4 is 5.56 Å². The number of hydrogen-bond donors (Lipinski definition) is 0. The van der Waals surface area contributed by atoms with Crippen molar-refractivity contribution in [2.75, 3.05) is 7.05 Å². The van der Waals surface area contributed by atoms with Gasteiger partial charge in [0.2, 0.25) is 5.78 Å². The quantitative estimate of drug-likeness (QED) is 0.552. The summed E-state index contributed by atoms with van der Waals surface area (Å²) in [6.07, 6.45) is 0. The predicted molar refractivity (Wildman–Crippen MR) is 100 cm³/mol. The Bertz CT molecular complexity index is 1130. The van der Waals surface area contributed by atoms with E-state index in [1.807, 2.05) is 47.2 Å². The fourth-order valence-corrected chi connectivity index (χ4v) is 4.02. The maximum atomic E-state index is 12.4. The van der Waals surface area contributed by atoms with E-state index in [2.05, 4.69) is 15.1 Å². The van der Waals surface area contributed by atoms with E-state index in [4.69, 9.17) is 11.6 Å². The summed E-state index contributed by atoms with van der Waals surface area (Å²) in [5, 5.41) is 11.2. The predicted octanol–water partition coefficient (Wildman–Crippen LogP) is 2.93. The van der Waals surface area contributed by atoms with Crippen LogP contribution in [0.1, 0.15) is 11.4 Å². The Balaban J connectivity index is 1.73. The van der Waals surface area contributed by atoms with Crippen LogP contribution in [0.25, 0.3) is 16.0 Å². The Kier molecular flexibility index (Phi) is 4.07. The number of nitrogens with zero attached hydrogens (tertiary/aromatic N) is 5. The highest BCUT2D eigenvalue weighted by molar-refractivity contribution is 7.17. The largest absolute Gasteiger partial charge is 0.295 e. The fourth-order valence-electron chi connectivity index (χ4n) is 2.97.